The number of aliphatic hydroxyl groups is 1. The minimum Gasteiger partial charge on any atom is -0.453 e. The molecule has 3 aromatic rings. The van der Waals surface area contributed by atoms with Crippen molar-refractivity contribution in [2.24, 2.45) is 4.99 Å². The van der Waals surface area contributed by atoms with Crippen LogP contribution in [0.15, 0.2) is 78.0 Å². The van der Waals surface area contributed by atoms with E-state index in [9.17, 15) is 9.50 Å². The first-order valence-electron chi connectivity index (χ1n) is 10.1. The van der Waals surface area contributed by atoms with Crippen molar-refractivity contribution in [3.63, 3.8) is 0 Å². The molecule has 1 aromatic heterocycles. The summed E-state index contributed by atoms with van der Waals surface area (Å²) in [4.78, 5) is 8.45. The molecule has 0 radical (unpaired) electrons. The van der Waals surface area contributed by atoms with Crippen molar-refractivity contribution in [3.05, 3.63) is 90.0 Å². The second kappa shape index (κ2) is 12.4. The third kappa shape index (κ3) is 7.45. The smallest absolute Gasteiger partial charge is 0.191 e. The third-order valence-electron chi connectivity index (χ3n) is 4.62. The first kappa shape index (κ1) is 25.5. The van der Waals surface area contributed by atoms with Crippen LogP contribution in [0.25, 0.3) is 0 Å². The van der Waals surface area contributed by atoms with E-state index in [0.29, 0.717) is 23.8 Å². The first-order valence-corrected chi connectivity index (χ1v) is 10.1. The summed E-state index contributed by atoms with van der Waals surface area (Å²) in [6.45, 7) is 4.90. The second-order valence-electron chi connectivity index (χ2n) is 7.24. The van der Waals surface area contributed by atoms with Gasteiger partial charge in [0.05, 0.1) is 19.3 Å². The Morgan fingerprint density at radius 1 is 1.12 bits per heavy atom. The van der Waals surface area contributed by atoms with Crippen molar-refractivity contribution in [3.8, 4) is 11.5 Å². The molecule has 1 atom stereocenters. The fraction of sp³-hybridized carbons (Fsp3) is 0.250. The Morgan fingerprint density at radius 2 is 1.91 bits per heavy atom. The van der Waals surface area contributed by atoms with Gasteiger partial charge in [0.2, 0.25) is 0 Å². The molecule has 0 aliphatic rings. The number of ether oxygens (including phenoxy) is 1. The van der Waals surface area contributed by atoms with Gasteiger partial charge in [0.25, 0.3) is 0 Å². The Balaban J connectivity index is 0.00000363. The van der Waals surface area contributed by atoms with Gasteiger partial charge in [0.15, 0.2) is 17.5 Å². The maximum Gasteiger partial charge on any atom is 0.191 e. The topological polar surface area (TPSA) is 78.8 Å². The lowest BCUT2D eigenvalue weighted by atomic mass is 9.96. The molecule has 0 saturated heterocycles. The number of pyridine rings is 1. The van der Waals surface area contributed by atoms with E-state index in [2.05, 4.69) is 20.6 Å². The summed E-state index contributed by atoms with van der Waals surface area (Å²) >= 11 is 0. The number of aromatic nitrogens is 1. The number of aliphatic imine (C=N–C) groups is 1. The molecular weight excluding hydrogens is 522 g/mol. The second-order valence-corrected chi connectivity index (χ2v) is 7.24. The van der Waals surface area contributed by atoms with Crippen molar-refractivity contribution in [1.82, 2.24) is 15.6 Å². The van der Waals surface area contributed by atoms with Gasteiger partial charge in [-0.1, -0.05) is 36.4 Å². The van der Waals surface area contributed by atoms with Gasteiger partial charge in [0, 0.05) is 12.7 Å². The Labute approximate surface area is 205 Å². The van der Waals surface area contributed by atoms with Crippen LogP contribution in [0.5, 0.6) is 11.5 Å². The number of nitrogens with zero attached hydrogens (tertiary/aromatic N) is 2. The maximum atomic E-state index is 14.4. The Kier molecular flexibility index (Phi) is 9.86. The van der Waals surface area contributed by atoms with E-state index < -0.39 is 11.4 Å². The van der Waals surface area contributed by atoms with Gasteiger partial charge >= 0.3 is 0 Å². The number of rotatable bonds is 8. The van der Waals surface area contributed by atoms with Gasteiger partial charge in [-0.2, -0.15) is 0 Å². The van der Waals surface area contributed by atoms with Crippen LogP contribution < -0.4 is 15.4 Å². The molecule has 8 heteroatoms. The van der Waals surface area contributed by atoms with Gasteiger partial charge in [-0.25, -0.2) is 9.38 Å². The zero-order valence-corrected chi connectivity index (χ0v) is 20.4. The Bertz CT molecular complexity index is 1000. The lowest BCUT2D eigenvalue weighted by Crippen LogP contribution is -2.44. The zero-order valence-electron chi connectivity index (χ0n) is 18.1. The molecule has 170 valence electrons. The Morgan fingerprint density at radius 3 is 2.56 bits per heavy atom. The minimum atomic E-state index is -1.06. The summed E-state index contributed by atoms with van der Waals surface area (Å²) in [6.07, 6.45) is 3.15. The van der Waals surface area contributed by atoms with Crippen LogP contribution in [0.4, 0.5) is 4.39 Å². The summed E-state index contributed by atoms with van der Waals surface area (Å²) in [5.74, 6) is 0.664. The molecule has 32 heavy (non-hydrogen) atoms. The normalized spacial score (nSPS) is 12.9. The minimum absolute atomic E-state index is 0. The largest absolute Gasteiger partial charge is 0.453 e. The molecule has 0 bridgehead atoms. The van der Waals surface area contributed by atoms with E-state index in [1.165, 1.54) is 12.3 Å². The van der Waals surface area contributed by atoms with Gasteiger partial charge in [-0.05, 0) is 49.2 Å². The van der Waals surface area contributed by atoms with E-state index in [1.807, 2.05) is 37.3 Å². The Hall–Kier alpha value is -2.72. The summed E-state index contributed by atoms with van der Waals surface area (Å²) in [5, 5.41) is 17.1. The third-order valence-corrected chi connectivity index (χ3v) is 4.62. The van der Waals surface area contributed by atoms with E-state index >= 15 is 0 Å². The van der Waals surface area contributed by atoms with E-state index in [4.69, 9.17) is 4.74 Å². The van der Waals surface area contributed by atoms with E-state index in [1.54, 1.807) is 37.4 Å². The number of nitrogens with one attached hydrogen (secondary N) is 2. The molecule has 0 aliphatic carbocycles. The van der Waals surface area contributed by atoms with Crippen molar-refractivity contribution in [2.75, 3.05) is 13.1 Å². The number of hydrogen-bond acceptors (Lipinski definition) is 4. The molecule has 0 spiro atoms. The number of benzene rings is 2. The summed E-state index contributed by atoms with van der Waals surface area (Å²) in [7, 11) is 0. The maximum absolute atomic E-state index is 14.4. The fourth-order valence-electron chi connectivity index (χ4n) is 2.93. The lowest BCUT2D eigenvalue weighted by molar-refractivity contribution is 0.0617. The van der Waals surface area contributed by atoms with Crippen LogP contribution in [0.3, 0.4) is 0 Å². The predicted octanol–water partition coefficient (Wildman–Crippen LogP) is 4.59. The van der Waals surface area contributed by atoms with Crippen LogP contribution in [-0.2, 0) is 12.1 Å². The molecule has 2 aromatic carbocycles. The zero-order chi connectivity index (χ0) is 22.1. The highest BCUT2D eigenvalue weighted by Crippen LogP contribution is 2.24. The summed E-state index contributed by atoms with van der Waals surface area (Å²) < 4.78 is 20.0. The van der Waals surface area contributed by atoms with Gasteiger partial charge in [-0.15, -0.1) is 24.0 Å². The van der Waals surface area contributed by atoms with Crippen LogP contribution in [0, 0.1) is 5.82 Å². The fourth-order valence-corrected chi connectivity index (χ4v) is 2.93. The van der Waals surface area contributed by atoms with E-state index in [0.717, 1.165) is 5.56 Å². The SMILES string of the molecule is CCNC(=NCc1ccc(Oc2cccnc2)c(F)c1)NCC(C)(O)c1ccccc1.I. The molecule has 1 unspecified atom stereocenters. The molecule has 3 rings (SSSR count). The highest BCUT2D eigenvalue weighted by molar-refractivity contribution is 14.0. The first-order chi connectivity index (χ1) is 15.0. The highest BCUT2D eigenvalue weighted by Gasteiger charge is 2.22. The average Bonchev–Trinajstić information content (AvgIpc) is 2.79. The summed E-state index contributed by atoms with van der Waals surface area (Å²) in [6, 6.07) is 17.6. The van der Waals surface area contributed by atoms with Crippen molar-refractivity contribution >= 4 is 29.9 Å². The molecule has 0 fully saturated rings. The summed E-state index contributed by atoms with van der Waals surface area (Å²) in [5.41, 5.74) is 0.446. The molecule has 1 heterocycles. The predicted molar refractivity (Wildman–Crippen MR) is 135 cm³/mol. The van der Waals surface area contributed by atoms with Crippen molar-refractivity contribution < 1.29 is 14.2 Å². The van der Waals surface area contributed by atoms with Crippen molar-refractivity contribution in [2.45, 2.75) is 26.0 Å². The number of hydrogen-bond donors (Lipinski definition) is 3. The van der Waals surface area contributed by atoms with Crippen molar-refractivity contribution in [1.29, 1.82) is 0 Å². The molecular formula is C24H28FIN4O2. The van der Waals surface area contributed by atoms with Crippen LogP contribution in [-0.4, -0.2) is 29.1 Å². The molecule has 0 saturated carbocycles. The number of halogens is 2. The molecule has 3 N–H and O–H groups in total. The van der Waals surface area contributed by atoms with Crippen LogP contribution >= 0.6 is 24.0 Å². The van der Waals surface area contributed by atoms with Gasteiger partial charge in [0.1, 0.15) is 11.4 Å². The highest BCUT2D eigenvalue weighted by atomic mass is 127. The number of guanidine groups is 1. The quantitative estimate of drug-likeness (QED) is 0.217. The van der Waals surface area contributed by atoms with Crippen LogP contribution in [0.2, 0.25) is 0 Å². The average molecular weight is 550 g/mol. The molecule has 0 aliphatic heterocycles. The lowest BCUT2D eigenvalue weighted by Gasteiger charge is -2.25. The standard InChI is InChI=1S/C24H27FN4O2.HI/c1-3-27-23(29-17-24(2,30)19-8-5-4-6-9-19)28-15-18-11-12-22(21(25)14-18)31-20-10-7-13-26-16-20;/h4-14,16,30H,3,15,17H2,1-2H3,(H2,27,28,29);1H. The van der Waals surface area contributed by atoms with Gasteiger partial charge in [-0.3, -0.25) is 4.98 Å². The van der Waals surface area contributed by atoms with Gasteiger partial charge < -0.3 is 20.5 Å². The monoisotopic (exact) mass is 550 g/mol. The van der Waals surface area contributed by atoms with Crippen LogP contribution in [0.1, 0.15) is 25.0 Å². The molecule has 0 amide bonds. The molecule has 6 nitrogen and oxygen atoms in total. The van der Waals surface area contributed by atoms with E-state index in [-0.39, 0.29) is 42.8 Å².